The predicted molar refractivity (Wildman–Crippen MR) is 78.1 cm³/mol. The number of carboxylic acid groups (broad SMARTS) is 1. The van der Waals surface area contributed by atoms with Crippen molar-refractivity contribution in [2.24, 2.45) is 0 Å². The van der Waals surface area contributed by atoms with Gasteiger partial charge >= 0.3 is 13.1 Å². The molecule has 1 aliphatic heterocycles. The molecule has 0 saturated carbocycles. The van der Waals surface area contributed by atoms with Crippen LogP contribution in [0.4, 0.5) is 0 Å². The lowest BCUT2D eigenvalue weighted by atomic mass is 9.78. The number of nitrogens with one attached hydrogen (secondary N) is 2. The van der Waals surface area contributed by atoms with Gasteiger partial charge in [0.05, 0.1) is 18.8 Å². The van der Waals surface area contributed by atoms with Gasteiger partial charge in [-0.05, 0) is 11.4 Å². The molecule has 4 N–H and O–H groups in total. The Morgan fingerprint density at radius 1 is 1.55 bits per heavy atom. The first-order valence-corrected chi connectivity index (χ1v) is 7.48. The average Bonchev–Trinajstić information content (AvgIpc) is 2.90. The highest BCUT2D eigenvalue weighted by molar-refractivity contribution is 7.10. The van der Waals surface area contributed by atoms with E-state index in [2.05, 4.69) is 10.6 Å². The molecule has 1 aromatic heterocycles. The summed E-state index contributed by atoms with van der Waals surface area (Å²) in [5.41, 5.74) is 0. The number of thiophene rings is 1. The lowest BCUT2D eigenvalue weighted by Gasteiger charge is -2.18. The van der Waals surface area contributed by atoms with Crippen molar-refractivity contribution < 1.29 is 29.2 Å². The van der Waals surface area contributed by atoms with Crippen LogP contribution in [0.25, 0.3) is 0 Å². The van der Waals surface area contributed by atoms with E-state index in [-0.39, 0.29) is 18.9 Å². The molecule has 22 heavy (non-hydrogen) atoms. The van der Waals surface area contributed by atoms with Crippen molar-refractivity contribution in [2.45, 2.75) is 24.9 Å². The first-order chi connectivity index (χ1) is 10.5. The number of rotatable bonds is 5. The van der Waals surface area contributed by atoms with Crippen LogP contribution in [0.5, 0.6) is 0 Å². The lowest BCUT2D eigenvalue weighted by molar-refractivity contribution is -0.143. The summed E-state index contributed by atoms with van der Waals surface area (Å²) in [7, 11) is -1.46. The summed E-state index contributed by atoms with van der Waals surface area (Å²) in [6.07, 6.45) is -1.68. The summed E-state index contributed by atoms with van der Waals surface area (Å²) in [6, 6.07) is 3.64. The molecule has 2 heterocycles. The van der Waals surface area contributed by atoms with E-state index in [1.54, 1.807) is 0 Å². The van der Waals surface area contributed by atoms with Gasteiger partial charge in [-0.1, -0.05) is 6.07 Å². The van der Waals surface area contributed by atoms with Crippen molar-refractivity contribution in [1.82, 2.24) is 10.6 Å². The van der Waals surface area contributed by atoms with E-state index in [1.165, 1.54) is 11.3 Å². The minimum Gasteiger partial charge on any atom is -0.481 e. The molecule has 0 aromatic carbocycles. The number of carbonyl (C=O) groups is 3. The molecule has 2 amide bonds. The first kappa shape index (κ1) is 16.5. The Kier molecular flexibility index (Phi) is 5.53. The smallest absolute Gasteiger partial charge is 0.480 e. The molecule has 2 unspecified atom stereocenters. The van der Waals surface area contributed by atoms with E-state index in [9.17, 15) is 19.4 Å². The Morgan fingerprint density at radius 2 is 2.32 bits per heavy atom. The van der Waals surface area contributed by atoms with E-state index in [4.69, 9.17) is 9.76 Å². The topological polar surface area (TPSA) is 125 Å². The molecule has 1 saturated heterocycles. The molecular weight excluding hydrogens is 311 g/mol. The fourth-order valence-corrected chi connectivity index (χ4v) is 2.70. The zero-order valence-corrected chi connectivity index (χ0v) is 12.3. The van der Waals surface area contributed by atoms with Gasteiger partial charge in [0.2, 0.25) is 11.8 Å². The van der Waals surface area contributed by atoms with Gasteiger partial charge in [-0.3, -0.25) is 14.4 Å². The van der Waals surface area contributed by atoms with Crippen LogP contribution in [0.3, 0.4) is 0 Å². The van der Waals surface area contributed by atoms with Crippen LogP contribution in [-0.4, -0.2) is 53.6 Å². The fraction of sp³-hybridized carbons (Fsp3) is 0.417. The molecule has 0 radical (unpaired) electrons. The predicted octanol–water partition coefficient (Wildman–Crippen LogP) is -1.22. The van der Waals surface area contributed by atoms with Gasteiger partial charge < -0.3 is 25.4 Å². The second kappa shape index (κ2) is 7.39. The molecule has 0 bridgehead atoms. The number of carboxylic acids is 1. The maximum absolute atomic E-state index is 11.9. The van der Waals surface area contributed by atoms with Crippen molar-refractivity contribution in [1.29, 1.82) is 0 Å². The van der Waals surface area contributed by atoms with E-state index in [0.29, 0.717) is 0 Å². The molecule has 8 nitrogen and oxygen atoms in total. The quantitative estimate of drug-likeness (QED) is 0.503. The number of aliphatic carboxylic acids is 1. The summed E-state index contributed by atoms with van der Waals surface area (Å²) in [5, 5.41) is 25.5. The monoisotopic (exact) mass is 326 g/mol. The molecule has 1 aliphatic rings. The minimum absolute atomic E-state index is 0.0354. The van der Waals surface area contributed by atoms with Gasteiger partial charge in [0, 0.05) is 11.4 Å². The standard InChI is InChI=1S/C12H15BN2O6S/c16-10(4-7-2-1-3-22-7)15-9-6-14-12(19)8(5-11(17)18)21-13(9)20/h1-3,8-9,20H,4-6H2,(H,14,19)(H,15,16)(H,17,18). The van der Waals surface area contributed by atoms with E-state index in [0.717, 1.165) is 4.88 Å². The fourth-order valence-electron chi connectivity index (χ4n) is 2.00. The third kappa shape index (κ3) is 4.55. The highest BCUT2D eigenvalue weighted by atomic mass is 32.1. The Hall–Kier alpha value is -1.91. The van der Waals surface area contributed by atoms with Gasteiger partial charge in [-0.2, -0.15) is 0 Å². The molecule has 118 valence electrons. The number of carbonyl (C=O) groups excluding carboxylic acids is 2. The molecular formula is C12H15BN2O6S. The van der Waals surface area contributed by atoms with Crippen LogP contribution < -0.4 is 10.6 Å². The van der Waals surface area contributed by atoms with Crippen molar-refractivity contribution >= 4 is 36.2 Å². The first-order valence-electron chi connectivity index (χ1n) is 6.60. The van der Waals surface area contributed by atoms with Gasteiger partial charge in [-0.15, -0.1) is 11.3 Å². The van der Waals surface area contributed by atoms with Gasteiger partial charge in [-0.25, -0.2) is 0 Å². The third-order valence-corrected chi connectivity index (χ3v) is 3.93. The minimum atomic E-state index is -1.46. The molecule has 0 spiro atoms. The zero-order valence-electron chi connectivity index (χ0n) is 11.5. The van der Waals surface area contributed by atoms with Crippen molar-refractivity contribution in [2.75, 3.05) is 6.54 Å². The summed E-state index contributed by atoms with van der Waals surface area (Å²) in [5.74, 6) is -3.00. The summed E-state index contributed by atoms with van der Waals surface area (Å²) in [6.45, 7) is -0.0354. The highest BCUT2D eigenvalue weighted by Crippen LogP contribution is 2.10. The molecule has 10 heteroatoms. The van der Waals surface area contributed by atoms with Crippen molar-refractivity contribution in [3.63, 3.8) is 0 Å². The Bertz CT molecular complexity index is 552. The van der Waals surface area contributed by atoms with E-state index < -0.39 is 37.5 Å². The second-order valence-corrected chi connectivity index (χ2v) is 5.82. The largest absolute Gasteiger partial charge is 0.481 e. The maximum Gasteiger partial charge on any atom is 0.480 e. The molecule has 1 aromatic rings. The summed E-state index contributed by atoms with van der Waals surface area (Å²) < 4.78 is 5.03. The maximum atomic E-state index is 11.9. The Labute approximate surface area is 130 Å². The molecule has 0 aliphatic carbocycles. The highest BCUT2D eigenvalue weighted by Gasteiger charge is 2.38. The van der Waals surface area contributed by atoms with E-state index in [1.807, 2.05) is 17.5 Å². The van der Waals surface area contributed by atoms with Crippen molar-refractivity contribution in [3.8, 4) is 0 Å². The summed E-state index contributed by atoms with van der Waals surface area (Å²) >= 11 is 1.44. The molecule has 1 fully saturated rings. The van der Waals surface area contributed by atoms with Gasteiger partial charge in [0.25, 0.3) is 0 Å². The number of amides is 2. The van der Waals surface area contributed by atoms with Crippen LogP contribution in [-0.2, 0) is 25.5 Å². The molecule has 2 rings (SSSR count). The third-order valence-electron chi connectivity index (χ3n) is 3.06. The van der Waals surface area contributed by atoms with Crippen LogP contribution in [0, 0.1) is 0 Å². The molecule has 2 atom stereocenters. The number of hydrogen-bond donors (Lipinski definition) is 4. The average molecular weight is 326 g/mol. The van der Waals surface area contributed by atoms with E-state index >= 15 is 0 Å². The van der Waals surface area contributed by atoms with Crippen LogP contribution >= 0.6 is 11.3 Å². The van der Waals surface area contributed by atoms with Crippen LogP contribution in [0.15, 0.2) is 17.5 Å². The Balaban J connectivity index is 1.92. The van der Waals surface area contributed by atoms with Gasteiger partial charge in [0.1, 0.15) is 6.10 Å². The summed E-state index contributed by atoms with van der Waals surface area (Å²) in [4.78, 5) is 35.1. The zero-order chi connectivity index (χ0) is 16.1. The Morgan fingerprint density at radius 3 is 2.95 bits per heavy atom. The van der Waals surface area contributed by atoms with Crippen LogP contribution in [0.1, 0.15) is 11.3 Å². The van der Waals surface area contributed by atoms with Gasteiger partial charge in [0.15, 0.2) is 0 Å². The van der Waals surface area contributed by atoms with Crippen molar-refractivity contribution in [3.05, 3.63) is 22.4 Å². The SMILES string of the molecule is O=C(O)CC1OB(O)C(NC(=O)Cc2cccs2)CNC1=O. The lowest BCUT2D eigenvalue weighted by Crippen LogP contribution is -2.51. The van der Waals surface area contributed by atoms with Crippen LogP contribution in [0.2, 0.25) is 0 Å². The second-order valence-electron chi connectivity index (χ2n) is 4.79. The normalized spacial score (nSPS) is 21.9. The number of hydrogen-bond acceptors (Lipinski definition) is 6.